The summed E-state index contributed by atoms with van der Waals surface area (Å²) in [6.07, 6.45) is 3.92. The normalized spacial score (nSPS) is 17.7. The standard InChI is InChI=1S/C12H16BrNS/c13-10-2-1-3-11(8-10)15-9-12(4-5-12)6-7-14/h1-3,8H,4-7,9,14H2. The van der Waals surface area contributed by atoms with Gasteiger partial charge in [0.05, 0.1) is 0 Å². The molecule has 15 heavy (non-hydrogen) atoms. The van der Waals surface area contributed by atoms with E-state index < -0.39 is 0 Å². The van der Waals surface area contributed by atoms with Crippen molar-refractivity contribution in [1.82, 2.24) is 0 Å². The Morgan fingerprint density at radius 3 is 2.80 bits per heavy atom. The molecule has 0 heterocycles. The van der Waals surface area contributed by atoms with Crippen LogP contribution in [0.5, 0.6) is 0 Å². The molecule has 0 saturated heterocycles. The molecule has 2 N–H and O–H groups in total. The zero-order valence-electron chi connectivity index (χ0n) is 8.71. The lowest BCUT2D eigenvalue weighted by Crippen LogP contribution is -2.11. The van der Waals surface area contributed by atoms with E-state index in [1.165, 1.54) is 29.9 Å². The van der Waals surface area contributed by atoms with Crippen molar-refractivity contribution in [2.45, 2.75) is 24.2 Å². The van der Waals surface area contributed by atoms with Gasteiger partial charge in [-0.25, -0.2) is 0 Å². The first-order valence-corrected chi connectivity index (χ1v) is 7.10. The van der Waals surface area contributed by atoms with Gasteiger partial charge in [-0.3, -0.25) is 0 Å². The lowest BCUT2D eigenvalue weighted by atomic mass is 10.1. The van der Waals surface area contributed by atoms with Gasteiger partial charge in [0.25, 0.3) is 0 Å². The highest BCUT2D eigenvalue weighted by Gasteiger charge is 2.41. The number of hydrogen-bond donors (Lipinski definition) is 1. The van der Waals surface area contributed by atoms with Gasteiger partial charge in [-0.05, 0) is 49.4 Å². The van der Waals surface area contributed by atoms with Crippen LogP contribution in [0.4, 0.5) is 0 Å². The number of thioether (sulfide) groups is 1. The van der Waals surface area contributed by atoms with Gasteiger partial charge in [-0.1, -0.05) is 22.0 Å². The Morgan fingerprint density at radius 1 is 1.40 bits per heavy atom. The summed E-state index contributed by atoms with van der Waals surface area (Å²) in [6, 6.07) is 8.52. The third kappa shape index (κ3) is 3.23. The van der Waals surface area contributed by atoms with Crippen LogP contribution in [0.25, 0.3) is 0 Å². The zero-order valence-corrected chi connectivity index (χ0v) is 11.1. The van der Waals surface area contributed by atoms with Crippen molar-refractivity contribution in [3.63, 3.8) is 0 Å². The van der Waals surface area contributed by atoms with Crippen LogP contribution in [0.2, 0.25) is 0 Å². The predicted octanol–water partition coefficient (Wildman–Crippen LogP) is 3.67. The molecule has 1 aliphatic rings. The number of rotatable bonds is 5. The molecular weight excluding hydrogens is 270 g/mol. The maximum Gasteiger partial charge on any atom is 0.0186 e. The maximum atomic E-state index is 5.63. The van der Waals surface area contributed by atoms with E-state index in [0.29, 0.717) is 5.41 Å². The lowest BCUT2D eigenvalue weighted by Gasteiger charge is -2.12. The molecule has 1 aromatic rings. The third-order valence-electron chi connectivity index (χ3n) is 2.97. The highest BCUT2D eigenvalue weighted by atomic mass is 79.9. The molecule has 0 atom stereocenters. The first-order valence-electron chi connectivity index (χ1n) is 5.33. The van der Waals surface area contributed by atoms with Crippen LogP contribution >= 0.6 is 27.7 Å². The molecule has 0 bridgehead atoms. The fraction of sp³-hybridized carbons (Fsp3) is 0.500. The molecule has 1 aliphatic carbocycles. The second-order valence-corrected chi connectivity index (χ2v) is 6.25. The molecule has 0 aromatic heterocycles. The van der Waals surface area contributed by atoms with Crippen molar-refractivity contribution in [3.05, 3.63) is 28.7 Å². The van der Waals surface area contributed by atoms with E-state index in [0.717, 1.165) is 11.0 Å². The average molecular weight is 286 g/mol. The highest BCUT2D eigenvalue weighted by molar-refractivity contribution is 9.10. The van der Waals surface area contributed by atoms with E-state index in [-0.39, 0.29) is 0 Å². The highest BCUT2D eigenvalue weighted by Crippen LogP contribution is 2.51. The minimum atomic E-state index is 0.571. The van der Waals surface area contributed by atoms with Crippen LogP contribution in [0, 0.1) is 5.41 Å². The largest absolute Gasteiger partial charge is 0.330 e. The van der Waals surface area contributed by atoms with Crippen molar-refractivity contribution < 1.29 is 0 Å². The van der Waals surface area contributed by atoms with Gasteiger partial charge in [0.2, 0.25) is 0 Å². The molecule has 1 saturated carbocycles. The zero-order chi connectivity index (χ0) is 10.7. The van der Waals surface area contributed by atoms with Crippen LogP contribution in [0.15, 0.2) is 33.6 Å². The molecular formula is C12H16BrNS. The van der Waals surface area contributed by atoms with Gasteiger partial charge in [0.1, 0.15) is 0 Å². The van der Waals surface area contributed by atoms with E-state index in [1.807, 2.05) is 11.8 Å². The van der Waals surface area contributed by atoms with Gasteiger partial charge < -0.3 is 5.73 Å². The molecule has 1 aromatic carbocycles. The van der Waals surface area contributed by atoms with Crippen molar-refractivity contribution >= 4 is 27.7 Å². The summed E-state index contributed by atoms with van der Waals surface area (Å²) in [6.45, 7) is 0.832. The monoisotopic (exact) mass is 285 g/mol. The van der Waals surface area contributed by atoms with Crippen LogP contribution < -0.4 is 5.73 Å². The first kappa shape index (κ1) is 11.5. The maximum absolute atomic E-state index is 5.63. The smallest absolute Gasteiger partial charge is 0.0186 e. The van der Waals surface area contributed by atoms with Gasteiger partial charge in [-0.2, -0.15) is 0 Å². The van der Waals surface area contributed by atoms with Crippen LogP contribution in [-0.4, -0.2) is 12.3 Å². The second kappa shape index (κ2) is 4.89. The van der Waals surface area contributed by atoms with Crippen LogP contribution in [-0.2, 0) is 0 Å². The van der Waals surface area contributed by atoms with Gasteiger partial charge in [0.15, 0.2) is 0 Å². The quantitative estimate of drug-likeness (QED) is 0.836. The lowest BCUT2D eigenvalue weighted by molar-refractivity contribution is 0.537. The summed E-state index contributed by atoms with van der Waals surface area (Å²) in [4.78, 5) is 1.35. The Balaban J connectivity index is 1.88. The minimum Gasteiger partial charge on any atom is -0.330 e. The van der Waals surface area contributed by atoms with Crippen molar-refractivity contribution in [3.8, 4) is 0 Å². The minimum absolute atomic E-state index is 0.571. The topological polar surface area (TPSA) is 26.0 Å². The molecule has 0 aliphatic heterocycles. The second-order valence-electron chi connectivity index (χ2n) is 4.28. The number of nitrogens with two attached hydrogens (primary N) is 1. The summed E-state index contributed by atoms with van der Waals surface area (Å²) in [5.74, 6) is 1.22. The predicted molar refractivity (Wildman–Crippen MR) is 70.2 cm³/mol. The number of benzene rings is 1. The van der Waals surface area contributed by atoms with Gasteiger partial charge in [-0.15, -0.1) is 11.8 Å². The molecule has 1 nitrogen and oxygen atoms in total. The Bertz CT molecular complexity index is 336. The van der Waals surface area contributed by atoms with E-state index >= 15 is 0 Å². The average Bonchev–Trinajstić information content (AvgIpc) is 2.97. The molecule has 0 radical (unpaired) electrons. The van der Waals surface area contributed by atoms with Crippen molar-refractivity contribution in [2.75, 3.05) is 12.3 Å². The molecule has 2 rings (SSSR count). The Kier molecular flexibility index (Phi) is 3.75. The molecule has 0 spiro atoms. The molecule has 0 amide bonds. The Labute approximate surface area is 104 Å². The number of hydrogen-bond acceptors (Lipinski definition) is 2. The summed E-state index contributed by atoms with van der Waals surface area (Å²) < 4.78 is 1.16. The summed E-state index contributed by atoms with van der Waals surface area (Å²) in [5, 5.41) is 0. The van der Waals surface area contributed by atoms with E-state index in [2.05, 4.69) is 40.2 Å². The molecule has 1 fully saturated rings. The number of halogens is 1. The molecule has 82 valence electrons. The van der Waals surface area contributed by atoms with Gasteiger partial charge in [0, 0.05) is 15.1 Å². The van der Waals surface area contributed by atoms with E-state index in [1.54, 1.807) is 0 Å². The fourth-order valence-corrected chi connectivity index (χ4v) is 3.58. The van der Waals surface area contributed by atoms with Crippen LogP contribution in [0.3, 0.4) is 0 Å². The fourth-order valence-electron chi connectivity index (χ4n) is 1.74. The molecule has 3 heteroatoms. The Hall–Kier alpha value is 0.01000. The molecule has 0 unspecified atom stereocenters. The van der Waals surface area contributed by atoms with E-state index in [4.69, 9.17) is 5.73 Å². The van der Waals surface area contributed by atoms with Crippen LogP contribution in [0.1, 0.15) is 19.3 Å². The SMILES string of the molecule is NCCC1(CSc2cccc(Br)c2)CC1. The van der Waals surface area contributed by atoms with Gasteiger partial charge >= 0.3 is 0 Å². The summed E-state index contributed by atoms with van der Waals surface area (Å²) in [5.41, 5.74) is 6.20. The Morgan fingerprint density at radius 2 is 2.20 bits per heavy atom. The third-order valence-corrected chi connectivity index (χ3v) is 4.81. The first-order chi connectivity index (χ1) is 7.24. The van der Waals surface area contributed by atoms with E-state index in [9.17, 15) is 0 Å². The summed E-state index contributed by atoms with van der Waals surface area (Å²) in [7, 11) is 0. The van der Waals surface area contributed by atoms with Crippen molar-refractivity contribution in [2.24, 2.45) is 11.1 Å². The summed E-state index contributed by atoms with van der Waals surface area (Å²) >= 11 is 5.45. The van der Waals surface area contributed by atoms with Crippen molar-refractivity contribution in [1.29, 1.82) is 0 Å².